The Bertz CT molecular complexity index is 323. The highest BCUT2D eigenvalue weighted by Gasteiger charge is 2.26. The lowest BCUT2D eigenvalue weighted by molar-refractivity contribution is 0.0702. The largest absolute Gasteiger partial charge is 0.382 e. The van der Waals surface area contributed by atoms with Gasteiger partial charge in [0.15, 0.2) is 0 Å². The summed E-state index contributed by atoms with van der Waals surface area (Å²) in [4.78, 5) is 1.48. The molecule has 0 bridgehead atoms. The van der Waals surface area contributed by atoms with Crippen molar-refractivity contribution >= 4 is 11.3 Å². The number of nitrogens with one attached hydrogen (secondary N) is 1. The van der Waals surface area contributed by atoms with Gasteiger partial charge in [0.1, 0.15) is 0 Å². The van der Waals surface area contributed by atoms with Gasteiger partial charge in [-0.3, -0.25) is 0 Å². The van der Waals surface area contributed by atoms with Gasteiger partial charge in [-0.2, -0.15) is 0 Å². The molecule has 1 unspecified atom stereocenters. The zero-order chi connectivity index (χ0) is 13.3. The van der Waals surface area contributed by atoms with Crippen LogP contribution in [0.2, 0.25) is 0 Å². The molecular weight excluding hydrogens is 258 g/mol. The lowest BCUT2D eigenvalue weighted by Gasteiger charge is -2.23. The van der Waals surface area contributed by atoms with Gasteiger partial charge in [-0.15, -0.1) is 11.3 Å². The Hall–Kier alpha value is -0.420. The molecule has 1 heterocycles. The standard InChI is InChI=1S/C15H25NO2S/c1-17-10-11-18-9-8-16-15(13-5-2-3-6-13)14-7-4-12-19-14/h4,7,12-13,15-16H,2-3,5-6,8-11H2,1H3. The fourth-order valence-corrected chi connectivity index (χ4v) is 3.68. The van der Waals surface area contributed by atoms with E-state index in [1.54, 1.807) is 7.11 Å². The Balaban J connectivity index is 1.75. The lowest BCUT2D eigenvalue weighted by atomic mass is 9.97. The number of methoxy groups -OCH3 is 1. The molecule has 1 N–H and O–H groups in total. The third kappa shape index (κ3) is 4.88. The summed E-state index contributed by atoms with van der Waals surface area (Å²) in [5.41, 5.74) is 0. The van der Waals surface area contributed by atoms with Crippen LogP contribution in [-0.2, 0) is 9.47 Å². The van der Waals surface area contributed by atoms with Gasteiger partial charge in [0.25, 0.3) is 0 Å². The number of rotatable bonds is 9. The second-order valence-corrected chi connectivity index (χ2v) is 6.08. The van der Waals surface area contributed by atoms with Crippen molar-refractivity contribution in [2.75, 3.05) is 33.5 Å². The Kier molecular flexibility index (Phi) is 6.85. The first-order valence-corrected chi connectivity index (χ1v) is 8.13. The van der Waals surface area contributed by atoms with Crippen LogP contribution >= 0.6 is 11.3 Å². The molecule has 2 rings (SSSR count). The van der Waals surface area contributed by atoms with Crippen LogP contribution in [0.3, 0.4) is 0 Å². The molecule has 1 atom stereocenters. The SMILES string of the molecule is COCCOCCNC(c1cccs1)C1CCCC1. The molecule has 1 saturated carbocycles. The van der Waals surface area contributed by atoms with Gasteiger partial charge in [0.2, 0.25) is 0 Å². The summed E-state index contributed by atoms with van der Waals surface area (Å²) < 4.78 is 10.5. The molecule has 0 aliphatic heterocycles. The van der Waals surface area contributed by atoms with Crippen molar-refractivity contribution in [3.63, 3.8) is 0 Å². The van der Waals surface area contributed by atoms with Crippen LogP contribution in [0.25, 0.3) is 0 Å². The minimum absolute atomic E-state index is 0.522. The third-order valence-electron chi connectivity index (χ3n) is 3.76. The molecule has 1 aromatic heterocycles. The van der Waals surface area contributed by atoms with Crippen LogP contribution < -0.4 is 5.32 Å². The molecule has 4 heteroatoms. The van der Waals surface area contributed by atoms with Crippen LogP contribution in [0.15, 0.2) is 17.5 Å². The van der Waals surface area contributed by atoms with Gasteiger partial charge in [-0.05, 0) is 30.2 Å². The highest BCUT2D eigenvalue weighted by Crippen LogP contribution is 2.37. The predicted octanol–water partition coefficient (Wildman–Crippen LogP) is 3.23. The van der Waals surface area contributed by atoms with E-state index in [9.17, 15) is 0 Å². The second kappa shape index (κ2) is 8.69. The first-order valence-electron chi connectivity index (χ1n) is 7.25. The highest BCUT2D eigenvalue weighted by atomic mass is 32.1. The lowest BCUT2D eigenvalue weighted by Crippen LogP contribution is -2.29. The maximum absolute atomic E-state index is 5.52. The zero-order valence-electron chi connectivity index (χ0n) is 11.8. The summed E-state index contributed by atoms with van der Waals surface area (Å²) >= 11 is 1.87. The van der Waals surface area contributed by atoms with E-state index in [0.717, 1.165) is 19.1 Å². The first kappa shape index (κ1) is 15.0. The summed E-state index contributed by atoms with van der Waals surface area (Å²) in [5, 5.41) is 5.86. The molecule has 0 radical (unpaired) electrons. The summed E-state index contributed by atoms with van der Waals surface area (Å²) in [6.07, 6.45) is 5.50. The van der Waals surface area contributed by atoms with E-state index in [2.05, 4.69) is 22.8 Å². The molecule has 1 aromatic rings. The molecule has 0 amide bonds. The zero-order valence-corrected chi connectivity index (χ0v) is 12.6. The number of ether oxygens (including phenoxy) is 2. The van der Waals surface area contributed by atoms with Crippen LogP contribution in [-0.4, -0.2) is 33.5 Å². The molecular formula is C15H25NO2S. The van der Waals surface area contributed by atoms with Gasteiger partial charge >= 0.3 is 0 Å². The van der Waals surface area contributed by atoms with E-state index in [-0.39, 0.29) is 0 Å². The van der Waals surface area contributed by atoms with Gasteiger partial charge in [0.05, 0.1) is 19.8 Å². The summed E-state index contributed by atoms with van der Waals surface area (Å²) in [6, 6.07) is 4.93. The van der Waals surface area contributed by atoms with E-state index >= 15 is 0 Å². The van der Waals surface area contributed by atoms with Gasteiger partial charge < -0.3 is 14.8 Å². The monoisotopic (exact) mass is 283 g/mol. The summed E-state index contributed by atoms with van der Waals surface area (Å²) in [6.45, 7) is 3.04. The Morgan fingerprint density at radius 1 is 1.32 bits per heavy atom. The van der Waals surface area contributed by atoms with Crippen molar-refractivity contribution in [2.24, 2.45) is 5.92 Å². The molecule has 108 valence electrons. The van der Waals surface area contributed by atoms with Crippen molar-refractivity contribution in [3.05, 3.63) is 22.4 Å². The van der Waals surface area contributed by atoms with Crippen LogP contribution in [0, 0.1) is 5.92 Å². The molecule has 0 saturated heterocycles. The van der Waals surface area contributed by atoms with E-state index in [1.807, 2.05) is 11.3 Å². The Morgan fingerprint density at radius 3 is 2.84 bits per heavy atom. The fraction of sp³-hybridized carbons (Fsp3) is 0.733. The van der Waals surface area contributed by atoms with Crippen molar-refractivity contribution in [3.8, 4) is 0 Å². The molecule has 0 spiro atoms. The highest BCUT2D eigenvalue weighted by molar-refractivity contribution is 7.10. The number of thiophene rings is 1. The second-order valence-electron chi connectivity index (χ2n) is 5.10. The predicted molar refractivity (Wildman–Crippen MR) is 79.7 cm³/mol. The average molecular weight is 283 g/mol. The Labute approximate surface area is 120 Å². The molecule has 1 aliphatic rings. The van der Waals surface area contributed by atoms with Crippen molar-refractivity contribution in [2.45, 2.75) is 31.7 Å². The van der Waals surface area contributed by atoms with E-state index in [0.29, 0.717) is 19.3 Å². The van der Waals surface area contributed by atoms with Crippen molar-refractivity contribution in [1.29, 1.82) is 0 Å². The fourth-order valence-electron chi connectivity index (χ4n) is 2.79. The quantitative estimate of drug-likeness (QED) is 0.706. The molecule has 1 fully saturated rings. The minimum atomic E-state index is 0.522. The molecule has 0 aromatic carbocycles. The van der Waals surface area contributed by atoms with Crippen molar-refractivity contribution < 1.29 is 9.47 Å². The minimum Gasteiger partial charge on any atom is -0.382 e. The average Bonchev–Trinajstić information content (AvgIpc) is 3.11. The Morgan fingerprint density at radius 2 is 2.16 bits per heavy atom. The van der Waals surface area contributed by atoms with E-state index in [4.69, 9.17) is 9.47 Å². The molecule has 3 nitrogen and oxygen atoms in total. The smallest absolute Gasteiger partial charge is 0.0700 e. The maximum atomic E-state index is 5.52. The first-order chi connectivity index (χ1) is 9.42. The summed E-state index contributed by atoms with van der Waals surface area (Å²) in [5.74, 6) is 0.803. The van der Waals surface area contributed by atoms with E-state index in [1.165, 1.54) is 30.6 Å². The summed E-state index contributed by atoms with van der Waals surface area (Å²) in [7, 11) is 1.70. The van der Waals surface area contributed by atoms with Crippen LogP contribution in [0.5, 0.6) is 0 Å². The number of hydrogen-bond acceptors (Lipinski definition) is 4. The van der Waals surface area contributed by atoms with Gasteiger partial charge in [0, 0.05) is 24.6 Å². The van der Waals surface area contributed by atoms with Crippen LogP contribution in [0.4, 0.5) is 0 Å². The number of hydrogen-bond donors (Lipinski definition) is 1. The van der Waals surface area contributed by atoms with Gasteiger partial charge in [-0.1, -0.05) is 18.9 Å². The van der Waals surface area contributed by atoms with Crippen LogP contribution in [0.1, 0.15) is 36.6 Å². The third-order valence-corrected chi connectivity index (χ3v) is 4.72. The van der Waals surface area contributed by atoms with E-state index < -0.39 is 0 Å². The maximum Gasteiger partial charge on any atom is 0.0700 e. The normalized spacial score (nSPS) is 17.9. The molecule has 1 aliphatic carbocycles. The van der Waals surface area contributed by atoms with Crippen molar-refractivity contribution in [1.82, 2.24) is 5.32 Å². The molecule has 19 heavy (non-hydrogen) atoms. The topological polar surface area (TPSA) is 30.5 Å². The van der Waals surface area contributed by atoms with Gasteiger partial charge in [-0.25, -0.2) is 0 Å².